The zero-order valence-electron chi connectivity index (χ0n) is 29.3. The zero-order chi connectivity index (χ0) is 34.0. The summed E-state index contributed by atoms with van der Waals surface area (Å²) in [7, 11) is -4.37. The molecule has 0 heterocycles. The van der Waals surface area contributed by atoms with Crippen molar-refractivity contribution in [2.45, 2.75) is 168 Å². The summed E-state index contributed by atoms with van der Waals surface area (Å²) >= 11 is 0. The van der Waals surface area contributed by atoms with E-state index in [-0.39, 0.29) is 32.6 Å². The van der Waals surface area contributed by atoms with Crippen LogP contribution in [0.5, 0.6) is 0 Å². The molecule has 3 N–H and O–H groups in total. The van der Waals surface area contributed by atoms with Gasteiger partial charge in [0.05, 0.1) is 13.2 Å². The Kier molecular flexibility index (Phi) is 32.3. The first-order chi connectivity index (χ1) is 22.3. The molecule has 0 aliphatic rings. The normalized spacial score (nSPS) is 13.7. The van der Waals surface area contributed by atoms with Crippen molar-refractivity contribution in [2.75, 3.05) is 26.4 Å². The summed E-state index contributed by atoms with van der Waals surface area (Å²) < 4.78 is 32.6. The van der Waals surface area contributed by atoms with Crippen molar-refractivity contribution < 1.29 is 37.6 Å². The van der Waals surface area contributed by atoms with Gasteiger partial charge in [0, 0.05) is 19.4 Å². The molecule has 0 aliphatic heterocycles. The van der Waals surface area contributed by atoms with Crippen LogP contribution in [0.15, 0.2) is 24.3 Å². The van der Waals surface area contributed by atoms with Gasteiger partial charge in [0.1, 0.15) is 6.61 Å². The predicted octanol–water partition coefficient (Wildman–Crippen LogP) is 9.66. The molecular formula is C36H68NO8P. The maximum absolute atomic E-state index is 12.5. The lowest BCUT2D eigenvalue weighted by Gasteiger charge is -2.19. The van der Waals surface area contributed by atoms with Gasteiger partial charge >= 0.3 is 19.8 Å². The first-order valence-electron chi connectivity index (χ1n) is 18.3. The van der Waals surface area contributed by atoms with Crippen molar-refractivity contribution in [3.63, 3.8) is 0 Å². The molecule has 2 atom stereocenters. The van der Waals surface area contributed by atoms with Crippen LogP contribution in [-0.4, -0.2) is 49.3 Å². The van der Waals surface area contributed by atoms with Gasteiger partial charge in [0.25, 0.3) is 0 Å². The number of nitrogens with two attached hydrogens (primary N) is 1. The number of ether oxygens (including phenoxy) is 2. The minimum atomic E-state index is -4.37. The number of hydrogen-bond donors (Lipinski definition) is 2. The number of hydrogen-bond acceptors (Lipinski definition) is 8. The first kappa shape index (κ1) is 44.5. The molecule has 0 aromatic heterocycles. The van der Waals surface area contributed by atoms with Crippen LogP contribution < -0.4 is 5.73 Å². The van der Waals surface area contributed by atoms with Crippen LogP contribution >= 0.6 is 7.82 Å². The van der Waals surface area contributed by atoms with Gasteiger partial charge < -0.3 is 20.1 Å². The zero-order valence-corrected chi connectivity index (χ0v) is 30.2. The van der Waals surface area contributed by atoms with Crippen LogP contribution in [0.1, 0.15) is 162 Å². The number of rotatable bonds is 34. The van der Waals surface area contributed by atoms with Crippen LogP contribution in [0.4, 0.5) is 0 Å². The van der Waals surface area contributed by atoms with Gasteiger partial charge in [-0.3, -0.25) is 18.6 Å². The minimum absolute atomic E-state index is 0.0515. The van der Waals surface area contributed by atoms with Crippen molar-refractivity contribution in [1.82, 2.24) is 0 Å². The van der Waals surface area contributed by atoms with Gasteiger partial charge in [-0.25, -0.2) is 4.57 Å². The summed E-state index contributed by atoms with van der Waals surface area (Å²) in [6.07, 6.45) is 32.1. The van der Waals surface area contributed by atoms with Crippen molar-refractivity contribution in [3.05, 3.63) is 24.3 Å². The highest BCUT2D eigenvalue weighted by atomic mass is 31.2. The number of carbonyl (C=O) groups excluding carboxylic acids is 2. The Hall–Kier alpha value is -1.51. The molecule has 9 nitrogen and oxygen atoms in total. The third-order valence-corrected chi connectivity index (χ3v) is 8.54. The van der Waals surface area contributed by atoms with E-state index in [0.717, 1.165) is 77.0 Å². The van der Waals surface area contributed by atoms with Crippen LogP contribution in [0.3, 0.4) is 0 Å². The van der Waals surface area contributed by atoms with Crippen LogP contribution in [0.25, 0.3) is 0 Å². The second-order valence-corrected chi connectivity index (χ2v) is 13.5. The van der Waals surface area contributed by atoms with E-state index >= 15 is 0 Å². The average molecular weight is 674 g/mol. The molecule has 0 fully saturated rings. The number of esters is 2. The Morgan fingerprint density at radius 1 is 0.630 bits per heavy atom. The number of allylic oxidation sites excluding steroid dienone is 4. The molecule has 270 valence electrons. The van der Waals surface area contributed by atoms with E-state index in [9.17, 15) is 19.0 Å². The fourth-order valence-electron chi connectivity index (χ4n) is 4.78. The monoisotopic (exact) mass is 673 g/mol. The number of unbranched alkanes of at least 4 members (excludes halogenated alkanes) is 17. The maximum atomic E-state index is 12.5. The highest BCUT2D eigenvalue weighted by Gasteiger charge is 2.25. The molecule has 46 heavy (non-hydrogen) atoms. The van der Waals surface area contributed by atoms with E-state index in [1.165, 1.54) is 51.4 Å². The summed E-state index contributed by atoms with van der Waals surface area (Å²) in [5.41, 5.74) is 5.32. The largest absolute Gasteiger partial charge is 0.472 e. The Balaban J connectivity index is 4.26. The minimum Gasteiger partial charge on any atom is -0.462 e. The number of carbonyl (C=O) groups is 2. The third kappa shape index (κ3) is 32.4. The second kappa shape index (κ2) is 33.4. The lowest BCUT2D eigenvalue weighted by molar-refractivity contribution is -0.161. The lowest BCUT2D eigenvalue weighted by Crippen LogP contribution is -2.29. The molecule has 0 amide bonds. The fourth-order valence-corrected chi connectivity index (χ4v) is 5.55. The Bertz CT molecular complexity index is 820. The average Bonchev–Trinajstić information content (AvgIpc) is 3.04. The molecule has 0 aromatic rings. The highest BCUT2D eigenvalue weighted by molar-refractivity contribution is 7.47. The van der Waals surface area contributed by atoms with Gasteiger partial charge in [-0.15, -0.1) is 0 Å². The molecule has 0 bridgehead atoms. The van der Waals surface area contributed by atoms with Gasteiger partial charge in [-0.1, -0.05) is 115 Å². The summed E-state index contributed by atoms with van der Waals surface area (Å²) in [6.45, 7) is 3.64. The molecule has 0 aliphatic carbocycles. The summed E-state index contributed by atoms with van der Waals surface area (Å²) in [5.74, 6) is -0.851. The molecule has 1 unspecified atom stereocenters. The van der Waals surface area contributed by atoms with Crippen molar-refractivity contribution in [1.29, 1.82) is 0 Å². The Morgan fingerprint density at radius 3 is 1.61 bits per heavy atom. The SMILES string of the molecule is CCCC/C=C/CCCCCCCC(=O)O[C@H](COC(=O)CCCCCCC/C=C/CCCCCCC)COP(=O)(O)OCCN. The topological polar surface area (TPSA) is 134 Å². The van der Waals surface area contributed by atoms with Crippen LogP contribution in [-0.2, 0) is 32.7 Å². The third-order valence-electron chi connectivity index (χ3n) is 7.56. The summed E-state index contributed by atoms with van der Waals surface area (Å²) in [6, 6.07) is 0. The van der Waals surface area contributed by atoms with E-state index < -0.39 is 32.5 Å². The van der Waals surface area contributed by atoms with Gasteiger partial charge in [-0.05, 0) is 57.8 Å². The molecule has 0 saturated carbocycles. The van der Waals surface area contributed by atoms with Gasteiger partial charge in [-0.2, -0.15) is 0 Å². The summed E-state index contributed by atoms with van der Waals surface area (Å²) in [4.78, 5) is 34.6. The molecule has 0 spiro atoms. The standard InChI is InChI=1S/C36H68NO8P/c1-3-5-7-9-11-13-15-16-17-19-20-22-24-26-28-35(38)42-32-34(33-44-46(40,41)43-31-30-37)45-36(39)29-27-25-23-21-18-14-12-10-8-6-4-2/h10,12,15-16,34H,3-9,11,13-14,17-33,37H2,1-2H3,(H,40,41)/b12-10+,16-15+/t34-/m1/s1. The van der Waals surface area contributed by atoms with E-state index in [2.05, 4.69) is 38.2 Å². The van der Waals surface area contributed by atoms with Gasteiger partial charge in [0.2, 0.25) is 0 Å². The molecule has 0 saturated heterocycles. The van der Waals surface area contributed by atoms with Crippen molar-refractivity contribution >= 4 is 19.8 Å². The number of phosphoric acid groups is 1. The van der Waals surface area contributed by atoms with E-state index in [1.54, 1.807) is 0 Å². The van der Waals surface area contributed by atoms with Gasteiger partial charge in [0.15, 0.2) is 6.10 Å². The fraction of sp³-hybridized carbons (Fsp3) is 0.833. The van der Waals surface area contributed by atoms with E-state index in [0.29, 0.717) is 6.42 Å². The molecule has 10 heteroatoms. The molecule has 0 aromatic carbocycles. The summed E-state index contributed by atoms with van der Waals surface area (Å²) in [5, 5.41) is 0. The number of phosphoric ester groups is 1. The first-order valence-corrected chi connectivity index (χ1v) is 19.8. The Labute approximate surface area is 281 Å². The maximum Gasteiger partial charge on any atom is 0.472 e. The quantitative estimate of drug-likeness (QED) is 0.0296. The highest BCUT2D eigenvalue weighted by Crippen LogP contribution is 2.43. The van der Waals surface area contributed by atoms with E-state index in [1.807, 2.05) is 0 Å². The lowest BCUT2D eigenvalue weighted by atomic mass is 10.1. The second-order valence-electron chi connectivity index (χ2n) is 12.1. The van der Waals surface area contributed by atoms with Crippen LogP contribution in [0.2, 0.25) is 0 Å². The van der Waals surface area contributed by atoms with Crippen molar-refractivity contribution in [2.24, 2.45) is 5.73 Å². The molecule has 0 radical (unpaired) electrons. The Morgan fingerprint density at radius 2 is 1.09 bits per heavy atom. The van der Waals surface area contributed by atoms with E-state index in [4.69, 9.17) is 24.3 Å². The molecular weight excluding hydrogens is 605 g/mol. The molecule has 0 rings (SSSR count). The smallest absolute Gasteiger partial charge is 0.462 e. The van der Waals surface area contributed by atoms with Crippen molar-refractivity contribution in [3.8, 4) is 0 Å². The predicted molar refractivity (Wildman–Crippen MR) is 187 cm³/mol. The van der Waals surface area contributed by atoms with Crippen LogP contribution in [0, 0.1) is 0 Å².